The Kier molecular flexibility index (Phi) is 8.57. The van der Waals surface area contributed by atoms with Crippen LogP contribution in [0.5, 0.6) is 0 Å². The second-order valence-electron chi connectivity index (χ2n) is 9.60. The van der Waals surface area contributed by atoms with E-state index >= 15 is 0 Å². The first-order valence-electron chi connectivity index (χ1n) is 13.0. The minimum absolute atomic E-state index is 0.173. The average Bonchev–Trinajstić information content (AvgIpc) is 3.39. The van der Waals surface area contributed by atoms with E-state index in [1.54, 1.807) is 0 Å². The number of nitrogens with zero attached hydrogens (tertiary/aromatic N) is 3. The lowest BCUT2D eigenvalue weighted by Gasteiger charge is -2.17. The molecule has 1 aromatic heterocycles. The molecule has 1 amide bonds. The summed E-state index contributed by atoms with van der Waals surface area (Å²) in [4.78, 5) is 19.8. The average molecular weight is 446 g/mol. The number of carbonyl (C=O) groups is 1. The van der Waals surface area contributed by atoms with Crippen molar-refractivity contribution in [3.8, 4) is 0 Å². The standard InChI is InChI=1S/C29H39N3O/c1-2-3-4-5-6-7-8-9-15-20-32-27-19-14-13-18-26(27)30-29(32)25-21-28(33)31(23-25)22-24-16-11-10-12-17-24/h10-14,16-19,25H,2-9,15,20-23H2,1H3. The summed E-state index contributed by atoms with van der Waals surface area (Å²) in [6, 6.07) is 18.7. The van der Waals surface area contributed by atoms with Crippen LogP contribution in [0.15, 0.2) is 54.6 Å². The lowest BCUT2D eigenvalue weighted by molar-refractivity contribution is -0.128. The first-order valence-corrected chi connectivity index (χ1v) is 13.0. The van der Waals surface area contributed by atoms with Crippen molar-refractivity contribution in [2.45, 2.75) is 90.1 Å². The molecule has 176 valence electrons. The van der Waals surface area contributed by atoms with E-state index in [-0.39, 0.29) is 11.8 Å². The lowest BCUT2D eigenvalue weighted by atomic mass is 10.1. The maximum absolute atomic E-state index is 12.8. The monoisotopic (exact) mass is 445 g/mol. The van der Waals surface area contributed by atoms with Crippen molar-refractivity contribution in [1.82, 2.24) is 14.5 Å². The number of imidazole rings is 1. The molecule has 4 nitrogen and oxygen atoms in total. The van der Waals surface area contributed by atoms with Crippen LogP contribution in [-0.4, -0.2) is 26.9 Å². The van der Waals surface area contributed by atoms with E-state index < -0.39 is 0 Å². The largest absolute Gasteiger partial charge is 0.338 e. The molecule has 0 spiro atoms. The number of aryl methyl sites for hydroxylation is 1. The molecular weight excluding hydrogens is 406 g/mol. The summed E-state index contributed by atoms with van der Waals surface area (Å²) in [6.07, 6.45) is 12.5. The molecule has 1 aliphatic heterocycles. The molecule has 0 radical (unpaired) electrons. The van der Waals surface area contributed by atoms with Crippen LogP contribution in [-0.2, 0) is 17.9 Å². The molecule has 4 heteroatoms. The Bertz CT molecular complexity index is 1010. The highest BCUT2D eigenvalue weighted by atomic mass is 16.2. The second-order valence-corrected chi connectivity index (χ2v) is 9.60. The number of hydrogen-bond acceptors (Lipinski definition) is 2. The number of amides is 1. The Balaban J connectivity index is 1.37. The summed E-state index contributed by atoms with van der Waals surface area (Å²) in [5.74, 6) is 1.51. The van der Waals surface area contributed by atoms with Crippen LogP contribution in [0.25, 0.3) is 11.0 Å². The van der Waals surface area contributed by atoms with E-state index in [9.17, 15) is 4.79 Å². The maximum atomic E-state index is 12.8. The SMILES string of the molecule is CCCCCCCCCCCn1c(C2CC(=O)N(Cc3ccccc3)C2)nc2ccccc21. The molecule has 2 aromatic carbocycles. The van der Waals surface area contributed by atoms with Gasteiger partial charge in [-0.1, -0.05) is 101 Å². The molecule has 3 aromatic rings. The van der Waals surface area contributed by atoms with Crippen molar-refractivity contribution in [2.24, 2.45) is 0 Å². The van der Waals surface area contributed by atoms with Crippen LogP contribution in [0, 0.1) is 0 Å². The fraction of sp³-hybridized carbons (Fsp3) is 0.517. The maximum Gasteiger partial charge on any atom is 0.223 e. The van der Waals surface area contributed by atoms with Crippen molar-refractivity contribution in [1.29, 1.82) is 0 Å². The summed E-state index contributed by atoms with van der Waals surface area (Å²) in [7, 11) is 0. The Morgan fingerprint density at radius 3 is 2.27 bits per heavy atom. The molecule has 33 heavy (non-hydrogen) atoms. The third-order valence-corrected chi connectivity index (χ3v) is 6.97. The molecule has 2 heterocycles. The number of carbonyl (C=O) groups excluding carboxylic acids is 1. The van der Waals surface area contributed by atoms with Gasteiger partial charge in [0, 0.05) is 32.0 Å². The second kappa shape index (κ2) is 12.0. The number of rotatable bonds is 13. The molecule has 0 N–H and O–H groups in total. The van der Waals surface area contributed by atoms with E-state index in [4.69, 9.17) is 4.98 Å². The number of likely N-dealkylation sites (tertiary alicyclic amines) is 1. The Morgan fingerprint density at radius 2 is 1.52 bits per heavy atom. The minimum atomic E-state index is 0.173. The third-order valence-electron chi connectivity index (χ3n) is 6.97. The van der Waals surface area contributed by atoms with Gasteiger partial charge in [-0.2, -0.15) is 0 Å². The quantitative estimate of drug-likeness (QED) is 0.264. The number of aromatic nitrogens is 2. The Morgan fingerprint density at radius 1 is 0.848 bits per heavy atom. The molecule has 1 unspecified atom stereocenters. The zero-order valence-electron chi connectivity index (χ0n) is 20.2. The van der Waals surface area contributed by atoms with Crippen LogP contribution in [0.3, 0.4) is 0 Å². The van der Waals surface area contributed by atoms with Gasteiger partial charge in [0.15, 0.2) is 0 Å². The van der Waals surface area contributed by atoms with E-state index in [1.165, 1.54) is 68.9 Å². The highest BCUT2D eigenvalue weighted by Gasteiger charge is 2.33. The van der Waals surface area contributed by atoms with Gasteiger partial charge in [0.05, 0.1) is 11.0 Å². The van der Waals surface area contributed by atoms with Crippen molar-refractivity contribution >= 4 is 16.9 Å². The van der Waals surface area contributed by atoms with Gasteiger partial charge in [-0.15, -0.1) is 0 Å². The van der Waals surface area contributed by atoms with Gasteiger partial charge in [-0.25, -0.2) is 4.98 Å². The number of unbranched alkanes of at least 4 members (excludes halogenated alkanes) is 8. The van der Waals surface area contributed by atoms with Crippen molar-refractivity contribution in [3.05, 3.63) is 66.0 Å². The molecular formula is C29H39N3O. The molecule has 4 rings (SSSR count). The summed E-state index contributed by atoms with van der Waals surface area (Å²) in [5, 5.41) is 0. The highest BCUT2D eigenvalue weighted by molar-refractivity contribution is 5.81. The predicted molar refractivity (Wildman–Crippen MR) is 136 cm³/mol. The first-order chi connectivity index (χ1) is 16.3. The fourth-order valence-electron chi connectivity index (χ4n) is 5.12. The van der Waals surface area contributed by atoms with Gasteiger partial charge in [0.25, 0.3) is 0 Å². The number of fused-ring (bicyclic) bond motifs is 1. The van der Waals surface area contributed by atoms with Crippen LogP contribution in [0.2, 0.25) is 0 Å². The van der Waals surface area contributed by atoms with E-state index in [2.05, 4.69) is 47.9 Å². The summed E-state index contributed by atoms with van der Waals surface area (Å²) >= 11 is 0. The van der Waals surface area contributed by atoms with Crippen LogP contribution < -0.4 is 0 Å². The number of benzene rings is 2. The van der Waals surface area contributed by atoms with Crippen LogP contribution >= 0.6 is 0 Å². The lowest BCUT2D eigenvalue weighted by Crippen LogP contribution is -2.24. The van der Waals surface area contributed by atoms with E-state index in [1.807, 2.05) is 23.1 Å². The van der Waals surface area contributed by atoms with Gasteiger partial charge >= 0.3 is 0 Å². The van der Waals surface area contributed by atoms with Crippen molar-refractivity contribution in [3.63, 3.8) is 0 Å². The van der Waals surface area contributed by atoms with E-state index in [0.717, 1.165) is 24.4 Å². The van der Waals surface area contributed by atoms with Crippen molar-refractivity contribution in [2.75, 3.05) is 6.54 Å². The third kappa shape index (κ3) is 6.25. The molecule has 1 saturated heterocycles. The van der Waals surface area contributed by atoms with Gasteiger partial charge in [-0.3, -0.25) is 4.79 Å². The molecule has 1 atom stereocenters. The molecule has 0 aliphatic carbocycles. The van der Waals surface area contributed by atoms with Crippen LogP contribution in [0.4, 0.5) is 0 Å². The molecule has 0 saturated carbocycles. The zero-order chi connectivity index (χ0) is 22.9. The molecule has 1 fully saturated rings. The van der Waals surface area contributed by atoms with Crippen LogP contribution in [0.1, 0.15) is 88.4 Å². The van der Waals surface area contributed by atoms with Gasteiger partial charge < -0.3 is 9.47 Å². The predicted octanol–water partition coefficient (Wildman–Crippen LogP) is 7.08. The summed E-state index contributed by atoms with van der Waals surface area (Å²) in [6.45, 7) is 4.72. The van der Waals surface area contributed by atoms with Gasteiger partial charge in [0.2, 0.25) is 5.91 Å². The Hall–Kier alpha value is -2.62. The number of para-hydroxylation sites is 2. The van der Waals surface area contributed by atoms with Gasteiger partial charge in [-0.05, 0) is 24.1 Å². The minimum Gasteiger partial charge on any atom is -0.338 e. The highest BCUT2D eigenvalue weighted by Crippen LogP contribution is 2.31. The zero-order valence-corrected chi connectivity index (χ0v) is 20.2. The molecule has 1 aliphatic rings. The number of hydrogen-bond donors (Lipinski definition) is 0. The topological polar surface area (TPSA) is 38.1 Å². The smallest absolute Gasteiger partial charge is 0.223 e. The van der Waals surface area contributed by atoms with E-state index in [0.29, 0.717) is 13.0 Å². The molecule has 0 bridgehead atoms. The Labute approximate surface area is 199 Å². The normalized spacial score (nSPS) is 16.2. The summed E-state index contributed by atoms with van der Waals surface area (Å²) < 4.78 is 2.40. The summed E-state index contributed by atoms with van der Waals surface area (Å²) in [5.41, 5.74) is 3.45. The van der Waals surface area contributed by atoms with Crippen molar-refractivity contribution < 1.29 is 4.79 Å². The first kappa shape index (κ1) is 23.5. The van der Waals surface area contributed by atoms with Gasteiger partial charge in [0.1, 0.15) is 5.82 Å². The fourth-order valence-corrected chi connectivity index (χ4v) is 5.12.